The van der Waals surface area contributed by atoms with E-state index in [0.29, 0.717) is 19.8 Å². The molecule has 6 heteroatoms. The minimum Gasteiger partial charge on any atom is -0.379 e. The number of nitrogens with one attached hydrogen (secondary N) is 2. The highest BCUT2D eigenvalue weighted by Crippen LogP contribution is 2.45. The zero-order chi connectivity index (χ0) is 15.9. The number of aromatic nitrogens is 2. The molecular formula is C17H22N4O2. The van der Waals surface area contributed by atoms with Gasteiger partial charge in [-0.2, -0.15) is 0 Å². The van der Waals surface area contributed by atoms with E-state index < -0.39 is 0 Å². The first-order valence-corrected chi connectivity index (χ1v) is 8.23. The third kappa shape index (κ3) is 2.62. The van der Waals surface area contributed by atoms with Crippen LogP contribution in [0.4, 0.5) is 0 Å². The van der Waals surface area contributed by atoms with Crippen LogP contribution in [0, 0.1) is 12.8 Å². The molecule has 2 aromatic heterocycles. The number of carbonyl (C=O) groups excluding carboxylic acids is 1. The van der Waals surface area contributed by atoms with Crippen molar-refractivity contribution < 1.29 is 9.53 Å². The van der Waals surface area contributed by atoms with E-state index >= 15 is 0 Å². The number of aryl methyl sites for hydroxylation is 1. The molecule has 122 valence electrons. The largest absolute Gasteiger partial charge is 0.379 e. The maximum absolute atomic E-state index is 12.6. The maximum atomic E-state index is 12.6. The first-order chi connectivity index (χ1) is 11.2. The van der Waals surface area contributed by atoms with E-state index in [1.54, 1.807) is 0 Å². The van der Waals surface area contributed by atoms with Gasteiger partial charge in [0.1, 0.15) is 5.82 Å². The van der Waals surface area contributed by atoms with Crippen LogP contribution in [0.1, 0.15) is 24.2 Å². The second kappa shape index (κ2) is 5.62. The number of imidazole rings is 1. The van der Waals surface area contributed by atoms with Crippen molar-refractivity contribution in [3.63, 3.8) is 0 Å². The zero-order valence-electron chi connectivity index (χ0n) is 13.3. The maximum Gasteiger partial charge on any atom is 0.227 e. The summed E-state index contributed by atoms with van der Waals surface area (Å²) in [7, 11) is 0. The average molecular weight is 314 g/mol. The molecule has 1 atom stereocenters. The summed E-state index contributed by atoms with van der Waals surface area (Å²) in [5.41, 5.74) is 1.97. The van der Waals surface area contributed by atoms with Gasteiger partial charge in [0.15, 0.2) is 0 Å². The van der Waals surface area contributed by atoms with E-state index in [2.05, 4.69) is 33.0 Å². The van der Waals surface area contributed by atoms with E-state index in [4.69, 9.17) is 4.74 Å². The topological polar surface area (TPSA) is 67.7 Å². The van der Waals surface area contributed by atoms with Crippen molar-refractivity contribution in [3.8, 4) is 0 Å². The molecule has 2 fully saturated rings. The molecule has 4 rings (SSSR count). The van der Waals surface area contributed by atoms with Gasteiger partial charge in [0.2, 0.25) is 5.91 Å². The minimum atomic E-state index is -0.316. The van der Waals surface area contributed by atoms with Gasteiger partial charge in [0.25, 0.3) is 0 Å². The molecule has 0 radical (unpaired) electrons. The molecule has 1 unspecified atom stereocenters. The van der Waals surface area contributed by atoms with E-state index in [9.17, 15) is 4.79 Å². The van der Waals surface area contributed by atoms with Crippen LogP contribution in [0.5, 0.6) is 0 Å². The van der Waals surface area contributed by atoms with Gasteiger partial charge in [-0.25, -0.2) is 4.98 Å². The quantitative estimate of drug-likeness (QED) is 0.886. The fourth-order valence-electron chi connectivity index (χ4n) is 3.26. The Morgan fingerprint density at radius 3 is 3.22 bits per heavy atom. The number of amides is 1. The predicted octanol–water partition coefficient (Wildman–Crippen LogP) is 0.984. The third-order valence-corrected chi connectivity index (χ3v) is 4.83. The van der Waals surface area contributed by atoms with Crippen molar-refractivity contribution in [2.75, 3.05) is 26.3 Å². The lowest BCUT2D eigenvalue weighted by Gasteiger charge is -2.20. The normalized spacial score (nSPS) is 23.4. The van der Waals surface area contributed by atoms with E-state index in [-0.39, 0.29) is 17.4 Å². The SMILES string of the molecule is Cc1cccn2c(C3(NC(=O)C4CNCCOC4)CC3)ncc12. The first kappa shape index (κ1) is 14.7. The van der Waals surface area contributed by atoms with Crippen LogP contribution < -0.4 is 10.6 Å². The third-order valence-electron chi connectivity index (χ3n) is 4.83. The Balaban J connectivity index is 1.58. The van der Waals surface area contributed by atoms with Crippen molar-refractivity contribution in [1.82, 2.24) is 20.0 Å². The number of hydrogen-bond acceptors (Lipinski definition) is 4. The molecule has 3 heterocycles. The number of nitrogens with zero attached hydrogens (tertiary/aromatic N) is 2. The van der Waals surface area contributed by atoms with Crippen LogP contribution >= 0.6 is 0 Å². The van der Waals surface area contributed by atoms with Crippen molar-refractivity contribution >= 4 is 11.4 Å². The Kier molecular flexibility index (Phi) is 3.58. The zero-order valence-corrected chi connectivity index (χ0v) is 13.3. The second-order valence-corrected chi connectivity index (χ2v) is 6.58. The molecule has 2 N–H and O–H groups in total. The summed E-state index contributed by atoms with van der Waals surface area (Å²) in [5.74, 6) is 0.858. The Hall–Kier alpha value is -1.92. The van der Waals surface area contributed by atoms with E-state index in [1.807, 2.05) is 18.5 Å². The lowest BCUT2D eigenvalue weighted by atomic mass is 10.1. The molecule has 1 saturated heterocycles. The van der Waals surface area contributed by atoms with Gasteiger partial charge in [0.05, 0.1) is 36.4 Å². The molecule has 6 nitrogen and oxygen atoms in total. The summed E-state index contributed by atoms with van der Waals surface area (Å²) in [6.07, 6.45) is 5.79. The lowest BCUT2D eigenvalue weighted by molar-refractivity contribution is -0.127. The molecule has 2 aliphatic rings. The first-order valence-electron chi connectivity index (χ1n) is 8.23. The summed E-state index contributed by atoms with van der Waals surface area (Å²) in [5, 5.41) is 6.49. The van der Waals surface area contributed by atoms with Crippen molar-refractivity contribution in [3.05, 3.63) is 35.9 Å². The average Bonchev–Trinajstić information content (AvgIpc) is 3.25. The monoisotopic (exact) mass is 314 g/mol. The van der Waals surface area contributed by atoms with Crippen LogP contribution in [0.3, 0.4) is 0 Å². The smallest absolute Gasteiger partial charge is 0.227 e. The van der Waals surface area contributed by atoms with Gasteiger partial charge < -0.3 is 19.8 Å². The Bertz CT molecular complexity index is 727. The Morgan fingerprint density at radius 2 is 2.39 bits per heavy atom. The summed E-state index contributed by atoms with van der Waals surface area (Å²) < 4.78 is 7.60. The molecule has 1 aliphatic carbocycles. The van der Waals surface area contributed by atoms with Gasteiger partial charge in [-0.15, -0.1) is 0 Å². The fraction of sp³-hybridized carbons (Fsp3) is 0.529. The molecule has 1 aliphatic heterocycles. The molecule has 23 heavy (non-hydrogen) atoms. The predicted molar refractivity (Wildman–Crippen MR) is 86.2 cm³/mol. The van der Waals surface area contributed by atoms with Gasteiger partial charge in [-0.3, -0.25) is 4.79 Å². The Morgan fingerprint density at radius 1 is 1.52 bits per heavy atom. The van der Waals surface area contributed by atoms with E-state index in [0.717, 1.165) is 30.7 Å². The molecule has 0 spiro atoms. The fourth-order valence-corrected chi connectivity index (χ4v) is 3.26. The summed E-state index contributed by atoms with van der Waals surface area (Å²) in [6.45, 7) is 4.70. The van der Waals surface area contributed by atoms with Crippen molar-refractivity contribution in [1.29, 1.82) is 0 Å². The van der Waals surface area contributed by atoms with Gasteiger partial charge >= 0.3 is 0 Å². The van der Waals surface area contributed by atoms with Crippen LogP contribution in [0.25, 0.3) is 5.52 Å². The highest BCUT2D eigenvalue weighted by molar-refractivity contribution is 5.80. The lowest BCUT2D eigenvalue weighted by Crippen LogP contribution is -2.43. The van der Waals surface area contributed by atoms with Crippen LogP contribution in [0.2, 0.25) is 0 Å². The number of hydrogen-bond donors (Lipinski definition) is 2. The van der Waals surface area contributed by atoms with Crippen LogP contribution in [-0.2, 0) is 15.1 Å². The van der Waals surface area contributed by atoms with Gasteiger partial charge in [-0.05, 0) is 31.4 Å². The molecule has 2 aromatic rings. The molecule has 1 amide bonds. The van der Waals surface area contributed by atoms with E-state index in [1.165, 1.54) is 5.56 Å². The molecule has 0 aromatic carbocycles. The minimum absolute atomic E-state index is 0.0568. The second-order valence-electron chi connectivity index (χ2n) is 6.58. The molecule has 0 bridgehead atoms. The number of pyridine rings is 1. The standard InChI is InChI=1S/C17H22N4O2/c1-12-3-2-7-21-14(12)10-19-16(21)17(4-5-17)20-15(22)13-9-18-6-8-23-11-13/h2-3,7,10,13,18H,4-6,8-9,11H2,1H3,(H,20,22). The number of ether oxygens (including phenoxy) is 1. The summed E-state index contributed by atoms with van der Waals surface area (Å²) >= 11 is 0. The summed E-state index contributed by atoms with van der Waals surface area (Å²) in [4.78, 5) is 17.2. The molecule has 1 saturated carbocycles. The number of carbonyl (C=O) groups is 1. The highest BCUT2D eigenvalue weighted by atomic mass is 16.5. The molecular weight excluding hydrogens is 292 g/mol. The summed E-state index contributed by atoms with van der Waals surface area (Å²) in [6, 6.07) is 4.10. The number of fused-ring (bicyclic) bond motifs is 1. The van der Waals surface area contributed by atoms with Crippen LogP contribution in [-0.4, -0.2) is 41.6 Å². The van der Waals surface area contributed by atoms with Crippen molar-refractivity contribution in [2.24, 2.45) is 5.92 Å². The van der Waals surface area contributed by atoms with Gasteiger partial charge in [-0.1, -0.05) is 6.07 Å². The Labute approximate surface area is 135 Å². The van der Waals surface area contributed by atoms with Gasteiger partial charge in [0, 0.05) is 19.3 Å². The highest BCUT2D eigenvalue weighted by Gasteiger charge is 2.49. The number of rotatable bonds is 3. The van der Waals surface area contributed by atoms with Crippen LogP contribution in [0.15, 0.2) is 24.5 Å². The van der Waals surface area contributed by atoms with Crippen molar-refractivity contribution in [2.45, 2.75) is 25.3 Å².